The van der Waals surface area contributed by atoms with Crippen LogP contribution in [0, 0.1) is 5.82 Å². The Morgan fingerprint density at radius 3 is 2.53 bits per heavy atom. The van der Waals surface area contributed by atoms with Gasteiger partial charge in [0.1, 0.15) is 11.4 Å². The number of aryl methyl sites for hydroxylation is 1. The van der Waals surface area contributed by atoms with Crippen molar-refractivity contribution < 1.29 is 23.4 Å². The molecule has 2 fully saturated rings. The zero-order valence-electron chi connectivity index (χ0n) is 25.9. The van der Waals surface area contributed by atoms with E-state index in [9.17, 15) is 9.18 Å². The monoisotopic (exact) mass is 583 g/mol. The third kappa shape index (κ3) is 6.91. The number of benzene rings is 2. The molecule has 6 heteroatoms. The van der Waals surface area contributed by atoms with Gasteiger partial charge in [0.15, 0.2) is 5.79 Å². The van der Waals surface area contributed by atoms with Crippen molar-refractivity contribution in [1.82, 2.24) is 4.98 Å². The van der Waals surface area contributed by atoms with Crippen LogP contribution in [0.2, 0.25) is 0 Å². The fourth-order valence-electron chi connectivity index (χ4n) is 6.50. The van der Waals surface area contributed by atoms with Gasteiger partial charge in [0.25, 0.3) is 0 Å². The largest absolute Gasteiger partial charge is 0.460 e. The predicted octanol–water partition coefficient (Wildman–Crippen LogP) is 8.58. The van der Waals surface area contributed by atoms with Crippen LogP contribution in [0.3, 0.4) is 0 Å². The number of carbonyl (C=O) groups is 1. The Balaban J connectivity index is 1.42. The zero-order chi connectivity index (χ0) is 30.4. The number of halogens is 1. The number of aromatic nitrogens is 1. The van der Waals surface area contributed by atoms with E-state index in [4.69, 9.17) is 19.2 Å². The van der Waals surface area contributed by atoms with Gasteiger partial charge in [-0.25, -0.2) is 4.39 Å². The summed E-state index contributed by atoms with van der Waals surface area (Å²) in [7, 11) is 0. The van der Waals surface area contributed by atoms with Gasteiger partial charge in [-0.1, -0.05) is 48.6 Å². The van der Waals surface area contributed by atoms with Crippen molar-refractivity contribution in [1.29, 1.82) is 0 Å². The summed E-state index contributed by atoms with van der Waals surface area (Å²) >= 11 is 0. The molecule has 0 N–H and O–H groups in total. The highest BCUT2D eigenvalue weighted by Gasteiger charge is 2.37. The zero-order valence-corrected chi connectivity index (χ0v) is 25.9. The van der Waals surface area contributed by atoms with Gasteiger partial charge in [-0.05, 0) is 101 Å². The Morgan fingerprint density at radius 2 is 1.81 bits per heavy atom. The smallest absolute Gasteiger partial charge is 0.308 e. The number of esters is 1. The summed E-state index contributed by atoms with van der Waals surface area (Å²) in [5.74, 6) is -0.980. The van der Waals surface area contributed by atoms with Crippen LogP contribution in [0.25, 0.3) is 28.5 Å². The first-order valence-corrected chi connectivity index (χ1v) is 15.6. The quantitative estimate of drug-likeness (QED) is 0.272. The molecule has 2 heterocycles. The summed E-state index contributed by atoms with van der Waals surface area (Å²) in [6.07, 6.45) is 9.52. The molecule has 0 unspecified atom stereocenters. The third-order valence-electron chi connectivity index (χ3n) is 8.28. The summed E-state index contributed by atoms with van der Waals surface area (Å²) in [4.78, 5) is 18.0. The van der Waals surface area contributed by atoms with Gasteiger partial charge in [0.05, 0.1) is 30.0 Å². The predicted molar refractivity (Wildman–Crippen MR) is 167 cm³/mol. The number of carbonyl (C=O) groups excluding carboxylic acids is 1. The number of hydrogen-bond acceptors (Lipinski definition) is 5. The molecule has 1 aromatic heterocycles. The number of ether oxygens (including phenoxy) is 3. The molecule has 2 aromatic carbocycles. The van der Waals surface area contributed by atoms with Crippen LogP contribution in [-0.4, -0.2) is 34.5 Å². The van der Waals surface area contributed by atoms with E-state index in [0.717, 1.165) is 60.2 Å². The van der Waals surface area contributed by atoms with Gasteiger partial charge in [0, 0.05) is 23.5 Å². The SMILES string of the molecule is CC(C)(C)OC(=O)C[C@H]1C[C@@H](C=Cc2c(C3CC3)nc3c(c2-c2ccc(F)cc2)CCCc2ccccc2-3)OC(C)(C)O1. The standard InChI is InChI=1S/C37H42FNO4/c1-36(2,3)43-32(40)22-28-21-27(41-37(4,5)42-28)19-20-31-33(24-15-17-26(38)18-16-24)30-12-8-10-23-9-6-7-11-29(23)35(30)39-34(31)25-13-14-25/h6-7,9,11,15-20,25,27-28H,8,10,12-14,21-22H2,1-5H3/t27-,28-/m1/s1. The Hall–Kier alpha value is -3.35. The van der Waals surface area contributed by atoms with E-state index < -0.39 is 11.4 Å². The van der Waals surface area contributed by atoms with Gasteiger partial charge < -0.3 is 14.2 Å². The number of rotatable bonds is 6. The highest BCUT2D eigenvalue weighted by molar-refractivity contribution is 5.86. The lowest BCUT2D eigenvalue weighted by atomic mass is 9.87. The van der Waals surface area contributed by atoms with E-state index >= 15 is 0 Å². The van der Waals surface area contributed by atoms with Crippen molar-refractivity contribution >= 4 is 12.0 Å². The molecule has 0 spiro atoms. The Kier molecular flexibility index (Phi) is 8.03. The Bertz CT molecular complexity index is 1530. The van der Waals surface area contributed by atoms with E-state index in [1.807, 2.05) is 46.8 Å². The van der Waals surface area contributed by atoms with Gasteiger partial charge in [-0.15, -0.1) is 0 Å². The summed E-state index contributed by atoms with van der Waals surface area (Å²) < 4.78 is 32.2. The van der Waals surface area contributed by atoms with Crippen molar-refractivity contribution in [3.63, 3.8) is 0 Å². The highest BCUT2D eigenvalue weighted by atomic mass is 19.1. The molecule has 43 heavy (non-hydrogen) atoms. The van der Waals surface area contributed by atoms with Crippen LogP contribution in [0.4, 0.5) is 4.39 Å². The second-order valence-corrected chi connectivity index (χ2v) is 13.6. The molecule has 0 radical (unpaired) electrons. The van der Waals surface area contributed by atoms with E-state index in [-0.39, 0.29) is 30.4 Å². The van der Waals surface area contributed by atoms with Crippen LogP contribution in [0.15, 0.2) is 54.6 Å². The average molecular weight is 584 g/mol. The van der Waals surface area contributed by atoms with Crippen LogP contribution in [0.5, 0.6) is 0 Å². The average Bonchev–Trinajstić information content (AvgIpc) is 3.77. The van der Waals surface area contributed by atoms with Crippen LogP contribution in [-0.2, 0) is 31.8 Å². The molecule has 226 valence electrons. The van der Waals surface area contributed by atoms with Crippen LogP contribution >= 0.6 is 0 Å². The molecule has 6 rings (SSSR count). The second-order valence-electron chi connectivity index (χ2n) is 13.6. The summed E-state index contributed by atoms with van der Waals surface area (Å²) in [6.45, 7) is 9.38. The minimum atomic E-state index is -0.852. The number of pyridine rings is 1. The summed E-state index contributed by atoms with van der Waals surface area (Å²) in [5.41, 5.74) is 8.59. The molecular formula is C37H42FNO4. The van der Waals surface area contributed by atoms with Gasteiger partial charge >= 0.3 is 5.97 Å². The second kappa shape index (κ2) is 11.6. The van der Waals surface area contributed by atoms with Gasteiger partial charge in [0.2, 0.25) is 0 Å². The van der Waals surface area contributed by atoms with E-state index in [2.05, 4.69) is 36.4 Å². The summed E-state index contributed by atoms with van der Waals surface area (Å²) in [5, 5.41) is 0. The maximum Gasteiger partial charge on any atom is 0.308 e. The van der Waals surface area contributed by atoms with Crippen LogP contribution < -0.4 is 0 Å². The molecule has 0 bridgehead atoms. The van der Waals surface area contributed by atoms with Gasteiger partial charge in [-0.3, -0.25) is 9.78 Å². The lowest BCUT2D eigenvalue weighted by molar-refractivity contribution is -0.290. The fourth-order valence-corrected chi connectivity index (χ4v) is 6.50. The normalized spacial score (nSPS) is 21.6. The van der Waals surface area contributed by atoms with Crippen molar-refractivity contribution in [3.8, 4) is 22.4 Å². The maximum atomic E-state index is 14.1. The van der Waals surface area contributed by atoms with E-state index in [1.165, 1.54) is 16.7 Å². The molecule has 2 aliphatic carbocycles. The first-order chi connectivity index (χ1) is 20.5. The molecule has 0 amide bonds. The number of nitrogens with zero attached hydrogens (tertiary/aromatic N) is 1. The molecule has 2 atom stereocenters. The Morgan fingerprint density at radius 1 is 1.07 bits per heavy atom. The van der Waals surface area contributed by atoms with Crippen molar-refractivity contribution in [2.75, 3.05) is 0 Å². The third-order valence-corrected chi connectivity index (χ3v) is 8.28. The topological polar surface area (TPSA) is 57.7 Å². The fraction of sp³-hybridized carbons (Fsp3) is 0.459. The molecule has 1 aliphatic heterocycles. The molecular weight excluding hydrogens is 541 g/mol. The van der Waals surface area contributed by atoms with Crippen molar-refractivity contribution in [3.05, 3.63) is 82.8 Å². The summed E-state index contributed by atoms with van der Waals surface area (Å²) in [6, 6.07) is 15.5. The van der Waals surface area contributed by atoms with Crippen molar-refractivity contribution in [2.45, 2.75) is 109 Å². The number of hydrogen-bond donors (Lipinski definition) is 0. The first-order valence-electron chi connectivity index (χ1n) is 15.6. The number of fused-ring (bicyclic) bond motifs is 3. The lowest BCUT2D eigenvalue weighted by Gasteiger charge is -2.39. The minimum Gasteiger partial charge on any atom is -0.460 e. The van der Waals surface area contributed by atoms with E-state index in [1.54, 1.807) is 12.1 Å². The highest BCUT2D eigenvalue weighted by Crippen LogP contribution is 2.48. The minimum absolute atomic E-state index is 0.169. The molecule has 1 saturated carbocycles. The molecule has 5 nitrogen and oxygen atoms in total. The Labute approximate surface area is 254 Å². The van der Waals surface area contributed by atoms with Gasteiger partial charge in [-0.2, -0.15) is 0 Å². The molecule has 3 aliphatic rings. The van der Waals surface area contributed by atoms with E-state index in [0.29, 0.717) is 12.3 Å². The van der Waals surface area contributed by atoms with Crippen molar-refractivity contribution in [2.24, 2.45) is 0 Å². The first kappa shape index (κ1) is 29.7. The maximum absolute atomic E-state index is 14.1. The lowest BCUT2D eigenvalue weighted by Crippen LogP contribution is -2.45. The molecule has 3 aromatic rings. The molecule has 1 saturated heterocycles. The van der Waals surface area contributed by atoms with Crippen LogP contribution in [0.1, 0.15) is 95.0 Å².